The van der Waals surface area contributed by atoms with Gasteiger partial charge in [-0.25, -0.2) is 4.39 Å². The zero-order chi connectivity index (χ0) is 11.0. The summed E-state index contributed by atoms with van der Waals surface area (Å²) >= 11 is 1.49. The number of hydrogen-bond donors (Lipinski definition) is 1. The average Bonchev–Trinajstić information content (AvgIpc) is 2.76. The van der Waals surface area contributed by atoms with E-state index in [4.69, 9.17) is 4.74 Å². The van der Waals surface area contributed by atoms with E-state index in [1.807, 2.05) is 12.1 Å². The SMILES string of the molecule is Fc1cccc2cc(C3CNCCO3)sc12. The zero-order valence-electron chi connectivity index (χ0n) is 8.70. The molecule has 2 aromatic rings. The lowest BCUT2D eigenvalue weighted by atomic mass is 10.2. The number of benzene rings is 1. The fraction of sp³-hybridized carbons (Fsp3) is 0.333. The molecule has 1 aliphatic rings. The molecule has 0 saturated carbocycles. The van der Waals surface area contributed by atoms with E-state index in [0.717, 1.165) is 34.7 Å². The van der Waals surface area contributed by atoms with Gasteiger partial charge in [0.2, 0.25) is 0 Å². The molecule has 2 nitrogen and oxygen atoms in total. The highest BCUT2D eigenvalue weighted by Gasteiger charge is 2.18. The van der Waals surface area contributed by atoms with Crippen LogP contribution in [0, 0.1) is 5.82 Å². The Kier molecular flexibility index (Phi) is 2.63. The minimum absolute atomic E-state index is 0.0746. The molecular formula is C12H12FNOS. The van der Waals surface area contributed by atoms with Crippen molar-refractivity contribution in [2.24, 2.45) is 0 Å². The lowest BCUT2D eigenvalue weighted by molar-refractivity contribution is 0.0300. The summed E-state index contributed by atoms with van der Waals surface area (Å²) in [5, 5.41) is 4.25. The predicted molar refractivity (Wildman–Crippen MR) is 63.3 cm³/mol. The van der Waals surface area contributed by atoms with Crippen LogP contribution in [-0.4, -0.2) is 19.7 Å². The minimum atomic E-state index is -0.141. The number of ether oxygens (including phenoxy) is 1. The highest BCUT2D eigenvalue weighted by Crippen LogP contribution is 2.33. The second-order valence-electron chi connectivity index (χ2n) is 3.87. The van der Waals surface area contributed by atoms with E-state index in [9.17, 15) is 4.39 Å². The molecule has 1 N–H and O–H groups in total. The molecule has 1 unspecified atom stereocenters. The number of thiophene rings is 1. The molecule has 1 fully saturated rings. The van der Waals surface area contributed by atoms with E-state index in [0.29, 0.717) is 0 Å². The van der Waals surface area contributed by atoms with Crippen molar-refractivity contribution < 1.29 is 9.13 Å². The zero-order valence-corrected chi connectivity index (χ0v) is 9.52. The van der Waals surface area contributed by atoms with Gasteiger partial charge in [0.05, 0.1) is 11.3 Å². The summed E-state index contributed by atoms with van der Waals surface area (Å²) in [4.78, 5) is 1.10. The van der Waals surface area contributed by atoms with Crippen LogP contribution in [0.3, 0.4) is 0 Å². The summed E-state index contributed by atoms with van der Waals surface area (Å²) in [6, 6.07) is 7.21. The van der Waals surface area contributed by atoms with Gasteiger partial charge in [0.15, 0.2) is 0 Å². The molecule has 0 radical (unpaired) electrons. The first-order valence-corrected chi connectivity index (χ1v) is 6.16. The van der Waals surface area contributed by atoms with Crippen LogP contribution in [0.25, 0.3) is 10.1 Å². The maximum atomic E-state index is 13.5. The second-order valence-corrected chi connectivity index (χ2v) is 4.95. The Balaban J connectivity index is 2.01. The first-order chi connectivity index (χ1) is 7.84. The average molecular weight is 237 g/mol. The monoisotopic (exact) mass is 237 g/mol. The molecule has 1 aromatic carbocycles. The largest absolute Gasteiger partial charge is 0.370 e. The second kappa shape index (κ2) is 4.13. The molecule has 1 saturated heterocycles. The molecule has 4 heteroatoms. The number of morpholine rings is 1. The smallest absolute Gasteiger partial charge is 0.140 e. The van der Waals surface area contributed by atoms with Crippen LogP contribution in [0.4, 0.5) is 4.39 Å². The van der Waals surface area contributed by atoms with Crippen molar-refractivity contribution in [2.75, 3.05) is 19.7 Å². The van der Waals surface area contributed by atoms with Gasteiger partial charge < -0.3 is 10.1 Å². The molecule has 3 rings (SSSR count). The topological polar surface area (TPSA) is 21.3 Å². The maximum Gasteiger partial charge on any atom is 0.140 e. The number of hydrogen-bond acceptors (Lipinski definition) is 3. The van der Waals surface area contributed by atoms with E-state index >= 15 is 0 Å². The van der Waals surface area contributed by atoms with Crippen molar-refractivity contribution in [3.63, 3.8) is 0 Å². The predicted octanol–water partition coefficient (Wildman–Crippen LogP) is 2.70. The molecule has 0 aliphatic carbocycles. The summed E-state index contributed by atoms with van der Waals surface area (Å²) in [6.45, 7) is 2.44. The van der Waals surface area contributed by atoms with E-state index in [1.54, 1.807) is 6.07 Å². The van der Waals surface area contributed by atoms with Crippen LogP contribution >= 0.6 is 11.3 Å². The van der Waals surface area contributed by atoms with Crippen molar-refractivity contribution in [3.8, 4) is 0 Å². The Morgan fingerprint density at radius 2 is 2.38 bits per heavy atom. The fourth-order valence-electron chi connectivity index (χ4n) is 1.95. The minimum Gasteiger partial charge on any atom is -0.370 e. The van der Waals surface area contributed by atoms with E-state index in [1.165, 1.54) is 17.4 Å². The lowest BCUT2D eigenvalue weighted by Crippen LogP contribution is -2.32. The van der Waals surface area contributed by atoms with E-state index < -0.39 is 0 Å². The standard InChI is InChI=1S/C12H12FNOS/c13-9-3-1-2-8-6-11(16-12(8)9)10-7-14-4-5-15-10/h1-3,6,10,14H,4-5,7H2. The maximum absolute atomic E-state index is 13.5. The molecule has 0 bridgehead atoms. The van der Waals surface area contributed by atoms with Crippen LogP contribution in [0.2, 0.25) is 0 Å². The fourth-order valence-corrected chi connectivity index (χ4v) is 3.07. The van der Waals surface area contributed by atoms with Crippen LogP contribution in [0.15, 0.2) is 24.3 Å². The summed E-state index contributed by atoms with van der Waals surface area (Å²) < 4.78 is 19.9. The molecule has 0 spiro atoms. The highest BCUT2D eigenvalue weighted by molar-refractivity contribution is 7.19. The van der Waals surface area contributed by atoms with Gasteiger partial charge in [0, 0.05) is 18.0 Å². The number of fused-ring (bicyclic) bond motifs is 1. The highest BCUT2D eigenvalue weighted by atomic mass is 32.1. The first kappa shape index (κ1) is 10.2. The van der Waals surface area contributed by atoms with Crippen LogP contribution in [0.5, 0.6) is 0 Å². The van der Waals surface area contributed by atoms with Gasteiger partial charge in [-0.1, -0.05) is 12.1 Å². The third-order valence-electron chi connectivity index (χ3n) is 2.76. The van der Waals surface area contributed by atoms with Gasteiger partial charge in [0.25, 0.3) is 0 Å². The van der Waals surface area contributed by atoms with Crippen molar-refractivity contribution in [1.29, 1.82) is 0 Å². The van der Waals surface area contributed by atoms with Gasteiger partial charge in [-0.2, -0.15) is 0 Å². The molecule has 1 aliphatic heterocycles. The number of rotatable bonds is 1. The summed E-state index contributed by atoms with van der Waals surface area (Å²) in [7, 11) is 0. The Morgan fingerprint density at radius 3 is 3.12 bits per heavy atom. The van der Waals surface area contributed by atoms with Gasteiger partial charge in [-0.3, -0.25) is 0 Å². The molecular weight excluding hydrogens is 225 g/mol. The summed E-state index contributed by atoms with van der Waals surface area (Å²) in [5.41, 5.74) is 0. The Bertz CT molecular complexity index is 505. The summed E-state index contributed by atoms with van der Waals surface area (Å²) in [6.07, 6.45) is 0.0746. The third-order valence-corrected chi connectivity index (χ3v) is 4.01. The Morgan fingerprint density at radius 1 is 1.44 bits per heavy atom. The van der Waals surface area contributed by atoms with Crippen molar-refractivity contribution >= 4 is 21.4 Å². The van der Waals surface area contributed by atoms with Gasteiger partial charge in [0.1, 0.15) is 11.9 Å². The molecule has 16 heavy (non-hydrogen) atoms. The van der Waals surface area contributed by atoms with Gasteiger partial charge in [-0.15, -0.1) is 11.3 Å². The van der Waals surface area contributed by atoms with Crippen molar-refractivity contribution in [3.05, 3.63) is 35.0 Å². The Hall–Kier alpha value is -0.970. The van der Waals surface area contributed by atoms with Gasteiger partial charge >= 0.3 is 0 Å². The normalized spacial score (nSPS) is 21.4. The molecule has 2 heterocycles. The molecule has 1 atom stereocenters. The molecule has 1 aromatic heterocycles. The Labute approximate surface area is 97.0 Å². The quantitative estimate of drug-likeness (QED) is 0.823. The lowest BCUT2D eigenvalue weighted by Gasteiger charge is -2.22. The number of nitrogens with one attached hydrogen (secondary N) is 1. The van der Waals surface area contributed by atoms with Crippen LogP contribution < -0.4 is 5.32 Å². The third kappa shape index (κ3) is 1.73. The molecule has 0 amide bonds. The van der Waals surface area contributed by atoms with E-state index in [-0.39, 0.29) is 11.9 Å². The summed E-state index contributed by atoms with van der Waals surface area (Å²) in [5.74, 6) is -0.141. The van der Waals surface area contributed by atoms with Crippen molar-refractivity contribution in [2.45, 2.75) is 6.10 Å². The van der Waals surface area contributed by atoms with E-state index in [2.05, 4.69) is 5.32 Å². The number of halogens is 1. The van der Waals surface area contributed by atoms with Crippen molar-refractivity contribution in [1.82, 2.24) is 5.32 Å². The molecule has 84 valence electrons. The van der Waals surface area contributed by atoms with Gasteiger partial charge in [-0.05, 0) is 17.5 Å². The van der Waals surface area contributed by atoms with Crippen LogP contribution in [0.1, 0.15) is 11.0 Å². The first-order valence-electron chi connectivity index (χ1n) is 5.35. The van der Waals surface area contributed by atoms with Crippen LogP contribution in [-0.2, 0) is 4.74 Å².